The van der Waals surface area contributed by atoms with Crippen molar-refractivity contribution < 1.29 is 0 Å². The van der Waals surface area contributed by atoms with Gasteiger partial charge in [-0.2, -0.15) is 0 Å². The molecule has 1 aromatic carbocycles. The predicted molar refractivity (Wildman–Crippen MR) is 101 cm³/mol. The van der Waals surface area contributed by atoms with Crippen LogP contribution in [0, 0.1) is 13.8 Å². The molecule has 25 heavy (non-hydrogen) atoms. The molecule has 4 rings (SSSR count). The molecule has 2 N–H and O–H groups in total. The van der Waals surface area contributed by atoms with E-state index < -0.39 is 0 Å². The smallest absolute Gasteiger partial charge is 0.130 e. The third-order valence-electron chi connectivity index (χ3n) is 4.63. The van der Waals surface area contributed by atoms with Gasteiger partial charge >= 0.3 is 0 Å². The SMILES string of the molecule is Cc1cccc(-c2cc(NCC3=CN4C=CC=CC4N3)ncn2)c1C. The van der Waals surface area contributed by atoms with Crippen molar-refractivity contribution in [2.24, 2.45) is 0 Å². The summed E-state index contributed by atoms with van der Waals surface area (Å²) in [5.41, 5.74) is 5.74. The standard InChI is InChI=1S/C20H21N5/c1-14-6-5-7-17(15(14)2)18-10-19(23-13-22-18)21-11-16-12-25-9-4-3-8-20(25)24-16/h3-10,12-13,20,24H,11H2,1-2H3,(H,21,22,23). The molecule has 0 spiro atoms. The molecule has 0 radical (unpaired) electrons. The van der Waals surface area contributed by atoms with Crippen molar-refractivity contribution in [3.8, 4) is 11.3 Å². The van der Waals surface area contributed by atoms with Crippen molar-refractivity contribution in [3.63, 3.8) is 0 Å². The first-order chi connectivity index (χ1) is 12.2. The number of aryl methyl sites for hydroxylation is 1. The zero-order valence-corrected chi connectivity index (χ0v) is 14.4. The third kappa shape index (κ3) is 3.13. The largest absolute Gasteiger partial charge is 0.364 e. The summed E-state index contributed by atoms with van der Waals surface area (Å²) in [5.74, 6) is 0.824. The van der Waals surface area contributed by atoms with Crippen LogP contribution >= 0.6 is 0 Å². The van der Waals surface area contributed by atoms with Gasteiger partial charge in [0.2, 0.25) is 0 Å². The zero-order valence-electron chi connectivity index (χ0n) is 14.4. The fraction of sp³-hybridized carbons (Fsp3) is 0.200. The Balaban J connectivity index is 1.48. The van der Waals surface area contributed by atoms with Crippen LogP contribution in [0.3, 0.4) is 0 Å². The van der Waals surface area contributed by atoms with Gasteiger partial charge in [0.25, 0.3) is 0 Å². The number of benzene rings is 1. The van der Waals surface area contributed by atoms with Crippen molar-refractivity contribution in [1.82, 2.24) is 20.2 Å². The van der Waals surface area contributed by atoms with Crippen LogP contribution < -0.4 is 10.6 Å². The van der Waals surface area contributed by atoms with E-state index in [0.717, 1.165) is 22.8 Å². The predicted octanol–water partition coefficient (Wildman–Crippen LogP) is 3.33. The van der Waals surface area contributed by atoms with Crippen LogP contribution in [-0.2, 0) is 0 Å². The molecule has 0 aliphatic carbocycles. The Kier molecular flexibility index (Phi) is 3.98. The third-order valence-corrected chi connectivity index (χ3v) is 4.63. The normalized spacial score (nSPS) is 17.9. The summed E-state index contributed by atoms with van der Waals surface area (Å²) in [7, 11) is 0. The highest BCUT2D eigenvalue weighted by molar-refractivity contribution is 5.67. The number of aromatic nitrogens is 2. The van der Waals surface area contributed by atoms with Gasteiger partial charge in [-0.15, -0.1) is 0 Å². The average Bonchev–Trinajstić information content (AvgIpc) is 3.05. The second-order valence-electron chi connectivity index (χ2n) is 6.31. The molecule has 1 unspecified atom stereocenters. The van der Waals surface area contributed by atoms with Gasteiger partial charge < -0.3 is 15.5 Å². The average molecular weight is 331 g/mol. The highest BCUT2D eigenvalue weighted by atomic mass is 15.3. The monoisotopic (exact) mass is 331 g/mol. The molecular formula is C20H21N5. The van der Waals surface area contributed by atoms with Crippen LogP contribution in [0.15, 0.2) is 66.9 Å². The second-order valence-corrected chi connectivity index (χ2v) is 6.31. The molecule has 126 valence electrons. The van der Waals surface area contributed by atoms with Crippen LogP contribution in [0.2, 0.25) is 0 Å². The van der Waals surface area contributed by atoms with E-state index in [0.29, 0.717) is 6.54 Å². The first kappa shape index (κ1) is 15.4. The van der Waals surface area contributed by atoms with E-state index in [1.807, 2.05) is 12.1 Å². The van der Waals surface area contributed by atoms with Crippen molar-refractivity contribution >= 4 is 5.82 Å². The molecule has 5 heteroatoms. The van der Waals surface area contributed by atoms with Crippen LogP contribution in [0.5, 0.6) is 0 Å². The number of fused-ring (bicyclic) bond motifs is 1. The number of allylic oxidation sites excluding steroid dienone is 2. The van der Waals surface area contributed by atoms with E-state index >= 15 is 0 Å². The maximum absolute atomic E-state index is 4.44. The Morgan fingerprint density at radius 2 is 2.12 bits per heavy atom. The number of hydrogen-bond acceptors (Lipinski definition) is 5. The molecule has 0 saturated carbocycles. The van der Waals surface area contributed by atoms with Crippen molar-refractivity contribution in [2.75, 3.05) is 11.9 Å². The minimum Gasteiger partial charge on any atom is -0.364 e. The molecule has 1 atom stereocenters. The summed E-state index contributed by atoms with van der Waals surface area (Å²) >= 11 is 0. The minimum absolute atomic E-state index is 0.220. The van der Waals surface area contributed by atoms with Crippen LogP contribution in [-0.4, -0.2) is 27.6 Å². The molecule has 5 nitrogen and oxygen atoms in total. The number of nitrogens with one attached hydrogen (secondary N) is 2. The maximum Gasteiger partial charge on any atom is 0.130 e. The lowest BCUT2D eigenvalue weighted by Gasteiger charge is -2.20. The zero-order chi connectivity index (χ0) is 17.2. The van der Waals surface area contributed by atoms with Crippen molar-refractivity contribution in [2.45, 2.75) is 20.0 Å². The van der Waals surface area contributed by atoms with Gasteiger partial charge in [-0.3, -0.25) is 0 Å². The summed E-state index contributed by atoms with van der Waals surface area (Å²) in [6, 6.07) is 8.29. The second kappa shape index (κ2) is 6.43. The van der Waals surface area contributed by atoms with Gasteiger partial charge in [0.1, 0.15) is 18.3 Å². The Morgan fingerprint density at radius 3 is 3.00 bits per heavy atom. The first-order valence-electron chi connectivity index (χ1n) is 8.43. The van der Waals surface area contributed by atoms with E-state index in [1.165, 1.54) is 11.1 Å². The van der Waals surface area contributed by atoms with E-state index in [2.05, 4.69) is 82.1 Å². The van der Waals surface area contributed by atoms with Gasteiger partial charge in [0, 0.05) is 29.7 Å². The van der Waals surface area contributed by atoms with Gasteiger partial charge in [-0.1, -0.05) is 24.3 Å². The van der Waals surface area contributed by atoms with Crippen LogP contribution in [0.25, 0.3) is 11.3 Å². The summed E-state index contributed by atoms with van der Waals surface area (Å²) in [6.07, 6.45) is 12.2. The van der Waals surface area contributed by atoms with E-state index in [4.69, 9.17) is 0 Å². The molecule has 0 saturated heterocycles. The van der Waals surface area contributed by atoms with E-state index in [-0.39, 0.29) is 6.17 Å². The molecule has 1 aromatic heterocycles. The summed E-state index contributed by atoms with van der Waals surface area (Å²) in [6.45, 7) is 4.94. The lowest BCUT2D eigenvalue weighted by atomic mass is 10.0. The Morgan fingerprint density at radius 1 is 1.20 bits per heavy atom. The highest BCUT2D eigenvalue weighted by Crippen LogP contribution is 2.25. The van der Waals surface area contributed by atoms with Crippen molar-refractivity contribution in [1.29, 1.82) is 0 Å². The van der Waals surface area contributed by atoms with Gasteiger partial charge in [-0.25, -0.2) is 9.97 Å². The number of nitrogens with zero attached hydrogens (tertiary/aromatic N) is 3. The number of anilines is 1. The molecule has 0 bridgehead atoms. The molecule has 0 amide bonds. The Bertz CT molecular complexity index is 881. The van der Waals surface area contributed by atoms with Gasteiger partial charge in [-0.05, 0) is 37.1 Å². The molecule has 2 aromatic rings. The molecular weight excluding hydrogens is 310 g/mol. The fourth-order valence-corrected chi connectivity index (χ4v) is 3.08. The van der Waals surface area contributed by atoms with Gasteiger partial charge in [0.15, 0.2) is 0 Å². The van der Waals surface area contributed by atoms with E-state index in [1.54, 1.807) is 6.33 Å². The fourth-order valence-electron chi connectivity index (χ4n) is 3.08. The summed E-state index contributed by atoms with van der Waals surface area (Å²) < 4.78 is 0. The number of hydrogen-bond donors (Lipinski definition) is 2. The van der Waals surface area contributed by atoms with Crippen LogP contribution in [0.4, 0.5) is 5.82 Å². The van der Waals surface area contributed by atoms with Crippen LogP contribution in [0.1, 0.15) is 11.1 Å². The molecule has 2 aliphatic heterocycles. The summed E-state index contributed by atoms with van der Waals surface area (Å²) in [5, 5.41) is 6.85. The Hall–Kier alpha value is -3.08. The number of rotatable bonds is 4. The maximum atomic E-state index is 4.44. The quantitative estimate of drug-likeness (QED) is 0.900. The molecule has 0 fully saturated rings. The molecule has 2 aliphatic rings. The van der Waals surface area contributed by atoms with E-state index in [9.17, 15) is 0 Å². The lowest BCUT2D eigenvalue weighted by molar-refractivity contribution is 0.424. The minimum atomic E-state index is 0.220. The highest BCUT2D eigenvalue weighted by Gasteiger charge is 2.20. The van der Waals surface area contributed by atoms with Gasteiger partial charge in [0.05, 0.1) is 12.2 Å². The first-order valence-corrected chi connectivity index (χ1v) is 8.43. The lowest BCUT2D eigenvalue weighted by Crippen LogP contribution is -2.33. The van der Waals surface area contributed by atoms with Crippen molar-refractivity contribution in [3.05, 3.63) is 78.0 Å². The summed E-state index contributed by atoms with van der Waals surface area (Å²) in [4.78, 5) is 10.9. The molecule has 3 heterocycles. The Labute approximate surface area is 147 Å². The topological polar surface area (TPSA) is 53.1 Å².